The number of pyridine rings is 1. The number of aryl methyl sites for hydroxylation is 1. The van der Waals surface area contributed by atoms with Gasteiger partial charge in [-0.1, -0.05) is 23.2 Å². The Morgan fingerprint density at radius 1 is 1.06 bits per heavy atom. The standard InChI is InChI=1S/C23H14F3N5O/c1-13-5-8-18-21(17(13)9-6-15-7-10-19-20(28-15)12-27-30-19)32-31-22(18)29-16-4-2-3-14(11-16)23(24,25)26/h2-5,7-8,10-12H,1H3,(H,27,30)(H,29,31). The van der Waals surface area contributed by atoms with Crippen molar-refractivity contribution < 1.29 is 17.7 Å². The topological polar surface area (TPSA) is 79.6 Å². The van der Waals surface area contributed by atoms with E-state index in [4.69, 9.17) is 4.52 Å². The second-order valence-corrected chi connectivity index (χ2v) is 7.12. The van der Waals surface area contributed by atoms with Crippen LogP contribution in [0.2, 0.25) is 0 Å². The van der Waals surface area contributed by atoms with E-state index in [9.17, 15) is 13.2 Å². The highest BCUT2D eigenvalue weighted by Gasteiger charge is 2.30. The van der Waals surface area contributed by atoms with Crippen molar-refractivity contribution in [2.45, 2.75) is 13.1 Å². The Kier molecular flexibility index (Phi) is 4.56. The number of alkyl halides is 3. The molecule has 0 aliphatic carbocycles. The van der Waals surface area contributed by atoms with Crippen molar-refractivity contribution in [3.8, 4) is 11.8 Å². The molecule has 6 nitrogen and oxygen atoms in total. The van der Waals surface area contributed by atoms with Gasteiger partial charge in [-0.05, 0) is 54.8 Å². The summed E-state index contributed by atoms with van der Waals surface area (Å²) >= 11 is 0. The summed E-state index contributed by atoms with van der Waals surface area (Å²) in [5, 5.41) is 14.3. The van der Waals surface area contributed by atoms with E-state index < -0.39 is 11.7 Å². The number of aromatic nitrogens is 4. The predicted octanol–water partition coefficient (Wildman–Crippen LogP) is 5.57. The van der Waals surface area contributed by atoms with Gasteiger partial charge < -0.3 is 9.84 Å². The van der Waals surface area contributed by atoms with E-state index >= 15 is 0 Å². The highest BCUT2D eigenvalue weighted by Crippen LogP contribution is 2.33. The highest BCUT2D eigenvalue weighted by atomic mass is 19.4. The number of halogens is 3. The van der Waals surface area contributed by atoms with Gasteiger partial charge >= 0.3 is 6.18 Å². The van der Waals surface area contributed by atoms with Gasteiger partial charge in [0.2, 0.25) is 0 Å². The first-order valence-corrected chi connectivity index (χ1v) is 9.54. The average molecular weight is 433 g/mol. The molecule has 3 aromatic heterocycles. The summed E-state index contributed by atoms with van der Waals surface area (Å²) in [7, 11) is 0. The molecule has 32 heavy (non-hydrogen) atoms. The van der Waals surface area contributed by atoms with Crippen LogP contribution in [0.15, 0.2) is 59.3 Å². The summed E-state index contributed by atoms with van der Waals surface area (Å²) in [5.41, 5.74) is 3.53. The average Bonchev–Trinajstić information content (AvgIpc) is 3.39. The number of anilines is 2. The molecule has 9 heteroatoms. The van der Waals surface area contributed by atoms with Crippen molar-refractivity contribution in [3.05, 3.63) is 77.1 Å². The van der Waals surface area contributed by atoms with Crippen LogP contribution in [0.5, 0.6) is 0 Å². The lowest BCUT2D eigenvalue weighted by atomic mass is 10.1. The molecule has 0 amide bonds. The minimum absolute atomic E-state index is 0.251. The molecule has 0 fully saturated rings. The fourth-order valence-corrected chi connectivity index (χ4v) is 3.29. The Balaban J connectivity index is 1.51. The molecule has 0 atom stereocenters. The van der Waals surface area contributed by atoms with Gasteiger partial charge in [0.1, 0.15) is 11.2 Å². The number of nitrogens with one attached hydrogen (secondary N) is 2. The number of fused-ring (bicyclic) bond motifs is 2. The molecular formula is C23H14F3N5O. The highest BCUT2D eigenvalue weighted by molar-refractivity contribution is 5.94. The maximum absolute atomic E-state index is 13.0. The minimum Gasteiger partial charge on any atom is -0.353 e. The van der Waals surface area contributed by atoms with Crippen LogP contribution in [-0.4, -0.2) is 20.3 Å². The van der Waals surface area contributed by atoms with Crippen LogP contribution in [0.4, 0.5) is 24.7 Å². The minimum atomic E-state index is -4.43. The van der Waals surface area contributed by atoms with Crippen molar-refractivity contribution in [3.63, 3.8) is 0 Å². The Labute approximate surface area is 179 Å². The third-order valence-corrected chi connectivity index (χ3v) is 4.91. The van der Waals surface area contributed by atoms with Crippen molar-refractivity contribution in [1.29, 1.82) is 0 Å². The summed E-state index contributed by atoms with van der Waals surface area (Å²) in [6.07, 6.45) is -2.81. The quantitative estimate of drug-likeness (QED) is 0.356. The van der Waals surface area contributed by atoms with Gasteiger partial charge in [-0.3, -0.25) is 5.10 Å². The summed E-state index contributed by atoms with van der Waals surface area (Å²) in [4.78, 5) is 4.43. The molecule has 5 aromatic rings. The largest absolute Gasteiger partial charge is 0.416 e. The van der Waals surface area contributed by atoms with E-state index in [1.165, 1.54) is 12.1 Å². The molecule has 0 spiro atoms. The number of nitrogens with zero attached hydrogens (tertiary/aromatic N) is 3. The van der Waals surface area contributed by atoms with Crippen molar-refractivity contribution >= 4 is 33.5 Å². The molecule has 0 radical (unpaired) electrons. The van der Waals surface area contributed by atoms with Crippen LogP contribution < -0.4 is 5.32 Å². The molecule has 0 aliphatic heterocycles. The van der Waals surface area contributed by atoms with E-state index in [0.29, 0.717) is 33.6 Å². The molecule has 0 bridgehead atoms. The molecule has 3 heterocycles. The summed E-state index contributed by atoms with van der Waals surface area (Å²) in [6.45, 7) is 1.89. The molecule has 5 rings (SSSR count). The van der Waals surface area contributed by atoms with Gasteiger partial charge in [0, 0.05) is 5.69 Å². The first-order valence-electron chi connectivity index (χ1n) is 9.54. The zero-order valence-corrected chi connectivity index (χ0v) is 16.6. The zero-order chi connectivity index (χ0) is 22.3. The van der Waals surface area contributed by atoms with Crippen molar-refractivity contribution in [2.75, 3.05) is 5.32 Å². The summed E-state index contributed by atoms with van der Waals surface area (Å²) < 4.78 is 44.5. The molecule has 0 unspecified atom stereocenters. The number of benzene rings is 2. The smallest absolute Gasteiger partial charge is 0.353 e. The summed E-state index contributed by atoms with van der Waals surface area (Å²) in [6, 6.07) is 12.2. The van der Waals surface area contributed by atoms with Gasteiger partial charge in [-0.2, -0.15) is 18.3 Å². The number of H-pyrrole nitrogens is 1. The second-order valence-electron chi connectivity index (χ2n) is 7.12. The fraction of sp³-hybridized carbons (Fsp3) is 0.0870. The molecular weight excluding hydrogens is 419 g/mol. The zero-order valence-electron chi connectivity index (χ0n) is 16.6. The summed E-state index contributed by atoms with van der Waals surface area (Å²) in [5.74, 6) is 6.41. The van der Waals surface area contributed by atoms with Crippen LogP contribution >= 0.6 is 0 Å². The lowest BCUT2D eigenvalue weighted by molar-refractivity contribution is -0.137. The van der Waals surface area contributed by atoms with Crippen LogP contribution in [0.1, 0.15) is 22.4 Å². The molecule has 2 N–H and O–H groups in total. The van der Waals surface area contributed by atoms with Crippen LogP contribution in [-0.2, 0) is 6.18 Å². The normalized spacial score (nSPS) is 11.5. The van der Waals surface area contributed by atoms with Gasteiger partial charge in [0.05, 0.1) is 28.2 Å². The molecule has 158 valence electrons. The Morgan fingerprint density at radius 3 is 2.78 bits per heavy atom. The van der Waals surface area contributed by atoms with Crippen LogP contribution in [0, 0.1) is 18.8 Å². The fourth-order valence-electron chi connectivity index (χ4n) is 3.29. The van der Waals surface area contributed by atoms with E-state index in [1.807, 2.05) is 19.1 Å². The van der Waals surface area contributed by atoms with E-state index in [-0.39, 0.29) is 5.69 Å². The van der Waals surface area contributed by atoms with E-state index in [1.54, 1.807) is 18.3 Å². The first kappa shape index (κ1) is 19.6. The number of hydrogen-bond donors (Lipinski definition) is 2. The lowest BCUT2D eigenvalue weighted by Gasteiger charge is -2.09. The number of rotatable bonds is 2. The molecule has 0 aliphatic rings. The van der Waals surface area contributed by atoms with E-state index in [2.05, 4.69) is 37.5 Å². The Bertz CT molecular complexity index is 1520. The third kappa shape index (κ3) is 3.63. The maximum Gasteiger partial charge on any atom is 0.416 e. The van der Waals surface area contributed by atoms with Gasteiger partial charge in [0.15, 0.2) is 11.4 Å². The molecule has 0 saturated heterocycles. The Hall–Kier alpha value is -4.32. The van der Waals surface area contributed by atoms with Crippen molar-refractivity contribution in [2.24, 2.45) is 0 Å². The second kappa shape index (κ2) is 7.42. The van der Waals surface area contributed by atoms with E-state index in [0.717, 1.165) is 23.2 Å². The first-order chi connectivity index (χ1) is 15.4. The van der Waals surface area contributed by atoms with Gasteiger partial charge in [0.25, 0.3) is 0 Å². The lowest BCUT2D eigenvalue weighted by Crippen LogP contribution is -2.05. The Morgan fingerprint density at radius 2 is 1.94 bits per heavy atom. The number of aromatic amines is 1. The SMILES string of the molecule is Cc1ccc2c(Nc3cccc(C(F)(F)F)c3)noc2c1C#Cc1ccc2[nH]ncc2n1. The van der Waals surface area contributed by atoms with Crippen LogP contribution in [0.25, 0.3) is 22.0 Å². The van der Waals surface area contributed by atoms with Gasteiger partial charge in [-0.25, -0.2) is 4.98 Å². The van der Waals surface area contributed by atoms with Gasteiger partial charge in [-0.15, -0.1) is 0 Å². The van der Waals surface area contributed by atoms with Crippen LogP contribution in [0.3, 0.4) is 0 Å². The molecule has 2 aromatic carbocycles. The maximum atomic E-state index is 13.0. The third-order valence-electron chi connectivity index (χ3n) is 4.91. The predicted molar refractivity (Wildman–Crippen MR) is 113 cm³/mol. The molecule has 0 saturated carbocycles. The van der Waals surface area contributed by atoms with Crippen molar-refractivity contribution in [1.82, 2.24) is 20.3 Å². The number of hydrogen-bond acceptors (Lipinski definition) is 5. The monoisotopic (exact) mass is 433 g/mol.